The van der Waals surface area contributed by atoms with E-state index in [2.05, 4.69) is 38.0 Å². The van der Waals surface area contributed by atoms with Crippen LogP contribution in [0.3, 0.4) is 0 Å². The molecule has 1 rings (SSSR count). The normalized spacial score (nSPS) is 14.0. The van der Waals surface area contributed by atoms with Gasteiger partial charge in [-0.3, -0.25) is 4.98 Å². The lowest BCUT2D eigenvalue weighted by Gasteiger charge is -2.29. The molecule has 17 heavy (non-hydrogen) atoms. The third kappa shape index (κ3) is 4.10. The van der Waals surface area contributed by atoms with Crippen molar-refractivity contribution in [2.45, 2.75) is 39.2 Å². The van der Waals surface area contributed by atoms with Crippen LogP contribution in [0.1, 0.15) is 33.3 Å². The van der Waals surface area contributed by atoms with Gasteiger partial charge >= 0.3 is 0 Å². The highest BCUT2D eigenvalue weighted by Crippen LogP contribution is 2.21. The van der Waals surface area contributed by atoms with Crippen LogP contribution in [0, 0.1) is 5.92 Å². The van der Waals surface area contributed by atoms with Gasteiger partial charge in [-0.2, -0.15) is 0 Å². The fourth-order valence-electron chi connectivity index (χ4n) is 1.80. The summed E-state index contributed by atoms with van der Waals surface area (Å²) in [5.41, 5.74) is 1.31. The Labute approximate surface area is 104 Å². The molecule has 96 valence electrons. The first kappa shape index (κ1) is 14.1. The Morgan fingerprint density at radius 2 is 1.88 bits per heavy atom. The Bertz CT molecular complexity index is 322. The number of aliphatic hydroxyl groups excluding tert-OH is 1. The first-order valence-corrected chi connectivity index (χ1v) is 6.22. The van der Waals surface area contributed by atoms with Crippen molar-refractivity contribution < 1.29 is 5.11 Å². The molecule has 1 aromatic heterocycles. The second kappa shape index (κ2) is 6.12. The molecule has 0 fully saturated rings. The van der Waals surface area contributed by atoms with Crippen molar-refractivity contribution in [2.75, 3.05) is 13.2 Å². The lowest BCUT2D eigenvalue weighted by Crippen LogP contribution is -2.43. The minimum atomic E-state index is 0.0469. The largest absolute Gasteiger partial charge is 0.395 e. The standard InChI is InChI=1S/C14H24N2O/c1-11(2)13(9-17)16-10-14(3,4)12-5-7-15-8-6-12/h5-8,11,13,16-17H,9-10H2,1-4H3. The zero-order valence-corrected chi connectivity index (χ0v) is 11.3. The van der Waals surface area contributed by atoms with Crippen molar-refractivity contribution in [3.05, 3.63) is 30.1 Å². The fraction of sp³-hybridized carbons (Fsp3) is 0.643. The maximum atomic E-state index is 9.29. The number of pyridine rings is 1. The molecule has 0 saturated heterocycles. The summed E-state index contributed by atoms with van der Waals surface area (Å²) in [4.78, 5) is 4.04. The lowest BCUT2D eigenvalue weighted by atomic mass is 9.85. The van der Waals surface area contributed by atoms with Crippen molar-refractivity contribution in [3.63, 3.8) is 0 Å². The summed E-state index contributed by atoms with van der Waals surface area (Å²) in [5, 5.41) is 12.7. The van der Waals surface area contributed by atoms with Gasteiger partial charge in [0, 0.05) is 30.4 Å². The van der Waals surface area contributed by atoms with E-state index in [1.165, 1.54) is 5.56 Å². The van der Waals surface area contributed by atoms with E-state index in [0.717, 1.165) is 6.54 Å². The van der Waals surface area contributed by atoms with E-state index >= 15 is 0 Å². The minimum absolute atomic E-state index is 0.0469. The molecule has 1 aromatic rings. The van der Waals surface area contributed by atoms with E-state index < -0.39 is 0 Å². The van der Waals surface area contributed by atoms with Crippen molar-refractivity contribution >= 4 is 0 Å². The van der Waals surface area contributed by atoms with Crippen LogP contribution in [0.2, 0.25) is 0 Å². The van der Waals surface area contributed by atoms with E-state index in [-0.39, 0.29) is 18.1 Å². The van der Waals surface area contributed by atoms with Gasteiger partial charge in [0.1, 0.15) is 0 Å². The fourth-order valence-corrected chi connectivity index (χ4v) is 1.80. The highest BCUT2D eigenvalue weighted by molar-refractivity contribution is 5.21. The van der Waals surface area contributed by atoms with Crippen LogP contribution in [-0.2, 0) is 5.41 Å². The van der Waals surface area contributed by atoms with Crippen LogP contribution >= 0.6 is 0 Å². The van der Waals surface area contributed by atoms with Gasteiger partial charge < -0.3 is 10.4 Å². The quantitative estimate of drug-likeness (QED) is 0.793. The Morgan fingerprint density at radius 3 is 2.35 bits per heavy atom. The van der Waals surface area contributed by atoms with Gasteiger partial charge in [0.2, 0.25) is 0 Å². The third-order valence-corrected chi connectivity index (χ3v) is 3.27. The molecule has 0 aliphatic heterocycles. The molecular weight excluding hydrogens is 212 g/mol. The highest BCUT2D eigenvalue weighted by Gasteiger charge is 2.22. The van der Waals surface area contributed by atoms with Crippen molar-refractivity contribution in [3.8, 4) is 0 Å². The SMILES string of the molecule is CC(C)C(CO)NCC(C)(C)c1ccncc1. The third-order valence-electron chi connectivity index (χ3n) is 3.27. The molecule has 1 heterocycles. The molecule has 0 bridgehead atoms. The molecule has 2 N–H and O–H groups in total. The van der Waals surface area contributed by atoms with E-state index in [1.807, 2.05) is 24.5 Å². The van der Waals surface area contributed by atoms with Crippen molar-refractivity contribution in [1.29, 1.82) is 0 Å². The summed E-state index contributed by atoms with van der Waals surface area (Å²) in [6.45, 7) is 9.67. The molecule has 0 saturated carbocycles. The smallest absolute Gasteiger partial charge is 0.0587 e. The monoisotopic (exact) mass is 236 g/mol. The average molecular weight is 236 g/mol. The summed E-state index contributed by atoms with van der Waals surface area (Å²) in [7, 11) is 0. The molecule has 1 atom stereocenters. The molecule has 0 spiro atoms. The summed E-state index contributed by atoms with van der Waals surface area (Å²) in [5.74, 6) is 0.438. The van der Waals surface area contributed by atoms with E-state index in [1.54, 1.807) is 0 Å². The first-order valence-electron chi connectivity index (χ1n) is 6.22. The zero-order chi connectivity index (χ0) is 12.9. The zero-order valence-electron chi connectivity index (χ0n) is 11.3. The van der Waals surface area contributed by atoms with Crippen LogP contribution in [0.5, 0.6) is 0 Å². The Balaban J connectivity index is 2.61. The van der Waals surface area contributed by atoms with Gasteiger partial charge in [-0.15, -0.1) is 0 Å². The lowest BCUT2D eigenvalue weighted by molar-refractivity contribution is 0.204. The van der Waals surface area contributed by atoms with Gasteiger partial charge in [0.05, 0.1) is 6.61 Å². The molecular formula is C14H24N2O. The maximum absolute atomic E-state index is 9.29. The van der Waals surface area contributed by atoms with Gasteiger partial charge in [0.25, 0.3) is 0 Å². The summed E-state index contributed by atoms with van der Waals surface area (Å²) >= 11 is 0. The summed E-state index contributed by atoms with van der Waals surface area (Å²) in [6.07, 6.45) is 3.64. The predicted molar refractivity (Wildman–Crippen MR) is 71.0 cm³/mol. The van der Waals surface area contributed by atoms with Crippen LogP contribution in [0.25, 0.3) is 0 Å². The number of aromatic nitrogens is 1. The van der Waals surface area contributed by atoms with Crippen LogP contribution in [0.15, 0.2) is 24.5 Å². The van der Waals surface area contributed by atoms with Gasteiger partial charge in [-0.25, -0.2) is 0 Å². The number of aliphatic hydroxyl groups is 1. The second-order valence-electron chi connectivity index (χ2n) is 5.53. The van der Waals surface area contributed by atoms with E-state index in [0.29, 0.717) is 5.92 Å². The molecule has 3 heteroatoms. The summed E-state index contributed by atoms with van der Waals surface area (Å²) in [6, 6.07) is 4.26. The van der Waals surface area contributed by atoms with Crippen molar-refractivity contribution in [1.82, 2.24) is 10.3 Å². The van der Waals surface area contributed by atoms with E-state index in [9.17, 15) is 5.11 Å². The number of rotatable bonds is 6. The van der Waals surface area contributed by atoms with Crippen molar-refractivity contribution in [2.24, 2.45) is 5.92 Å². The van der Waals surface area contributed by atoms with Crippen LogP contribution in [0.4, 0.5) is 0 Å². The molecule has 0 radical (unpaired) electrons. The number of nitrogens with one attached hydrogen (secondary N) is 1. The second-order valence-corrected chi connectivity index (χ2v) is 5.53. The molecule has 0 aromatic carbocycles. The molecule has 3 nitrogen and oxygen atoms in total. The summed E-state index contributed by atoms with van der Waals surface area (Å²) < 4.78 is 0. The number of nitrogens with zero attached hydrogens (tertiary/aromatic N) is 1. The number of hydrogen-bond acceptors (Lipinski definition) is 3. The van der Waals surface area contributed by atoms with E-state index in [4.69, 9.17) is 0 Å². The topological polar surface area (TPSA) is 45.1 Å². The highest BCUT2D eigenvalue weighted by atomic mass is 16.3. The number of hydrogen-bond donors (Lipinski definition) is 2. The van der Waals surface area contributed by atoms with Crippen LogP contribution in [-0.4, -0.2) is 29.3 Å². The van der Waals surface area contributed by atoms with Gasteiger partial charge in [-0.1, -0.05) is 27.7 Å². The minimum Gasteiger partial charge on any atom is -0.395 e. The average Bonchev–Trinajstić information content (AvgIpc) is 2.30. The molecule has 0 aliphatic rings. The van der Waals surface area contributed by atoms with Crippen LogP contribution < -0.4 is 5.32 Å². The Kier molecular flexibility index (Phi) is 5.09. The molecule has 0 aliphatic carbocycles. The van der Waals surface area contributed by atoms with Gasteiger partial charge in [0.15, 0.2) is 0 Å². The predicted octanol–water partition coefficient (Wildman–Crippen LogP) is 1.97. The maximum Gasteiger partial charge on any atom is 0.0587 e. The molecule has 1 unspecified atom stereocenters. The first-order chi connectivity index (χ1) is 7.97. The Hall–Kier alpha value is -0.930. The Morgan fingerprint density at radius 1 is 1.29 bits per heavy atom. The molecule has 0 amide bonds. The van der Waals surface area contributed by atoms with Gasteiger partial charge in [-0.05, 0) is 23.6 Å².